The number of nitrogens with one attached hydrogen (secondary N) is 1. The van der Waals surface area contributed by atoms with Crippen molar-refractivity contribution in [2.45, 2.75) is 25.9 Å². The van der Waals surface area contributed by atoms with E-state index in [-0.39, 0.29) is 17.8 Å². The highest BCUT2D eigenvalue weighted by Gasteiger charge is 2.21. The van der Waals surface area contributed by atoms with Crippen LogP contribution in [0.3, 0.4) is 0 Å². The topological polar surface area (TPSA) is 58.0 Å². The molecule has 0 amide bonds. The highest BCUT2D eigenvalue weighted by molar-refractivity contribution is 7.09. The summed E-state index contributed by atoms with van der Waals surface area (Å²) < 4.78 is 17.5. The van der Waals surface area contributed by atoms with Gasteiger partial charge in [-0.1, -0.05) is 50.2 Å². The van der Waals surface area contributed by atoms with E-state index in [9.17, 15) is 4.39 Å². The maximum Gasteiger partial charge on any atom is 0.202 e. The molecule has 4 nitrogen and oxygen atoms in total. The lowest BCUT2D eigenvalue weighted by atomic mass is 9.85. The zero-order chi connectivity index (χ0) is 17.9. The van der Waals surface area contributed by atoms with Gasteiger partial charge in [-0.15, -0.1) is 0 Å². The highest BCUT2D eigenvalue weighted by atomic mass is 32.1. The molecule has 0 fully saturated rings. The van der Waals surface area contributed by atoms with Gasteiger partial charge in [-0.25, -0.2) is 4.39 Å². The van der Waals surface area contributed by atoms with E-state index >= 15 is 0 Å². The van der Waals surface area contributed by atoms with Gasteiger partial charge in [0.1, 0.15) is 5.82 Å². The second-order valence-electron chi connectivity index (χ2n) is 6.52. The van der Waals surface area contributed by atoms with Gasteiger partial charge in [-0.05, 0) is 23.3 Å². The van der Waals surface area contributed by atoms with Crippen LogP contribution in [0.1, 0.15) is 25.0 Å². The minimum absolute atomic E-state index is 0.0239. The van der Waals surface area contributed by atoms with Gasteiger partial charge in [0, 0.05) is 29.1 Å². The van der Waals surface area contributed by atoms with Crippen molar-refractivity contribution in [3.05, 3.63) is 65.5 Å². The second-order valence-corrected chi connectivity index (χ2v) is 7.27. The zero-order valence-corrected chi connectivity index (χ0v) is 15.0. The summed E-state index contributed by atoms with van der Waals surface area (Å²) in [5.74, 6) is 0.435. The van der Waals surface area contributed by atoms with Crippen molar-refractivity contribution >= 4 is 16.7 Å². The van der Waals surface area contributed by atoms with E-state index < -0.39 is 0 Å². The first-order valence-electron chi connectivity index (χ1n) is 8.02. The fourth-order valence-corrected chi connectivity index (χ4v) is 3.05. The summed E-state index contributed by atoms with van der Waals surface area (Å²) in [6.07, 6.45) is 0. The maximum atomic E-state index is 13.1. The summed E-state index contributed by atoms with van der Waals surface area (Å²) in [6.45, 7) is 4.89. The average Bonchev–Trinajstić information content (AvgIpc) is 3.10. The predicted molar refractivity (Wildman–Crippen MR) is 99.2 cm³/mol. The van der Waals surface area contributed by atoms with Gasteiger partial charge in [-0.3, -0.25) is 0 Å². The van der Waals surface area contributed by atoms with E-state index in [1.165, 1.54) is 23.7 Å². The van der Waals surface area contributed by atoms with Crippen LogP contribution in [0.4, 0.5) is 9.52 Å². The number of benzene rings is 2. The zero-order valence-electron chi connectivity index (χ0n) is 14.2. The lowest BCUT2D eigenvalue weighted by molar-refractivity contribution is 0.282. The quantitative estimate of drug-likeness (QED) is 0.693. The summed E-state index contributed by atoms with van der Waals surface area (Å²) in [5.41, 5.74) is 2.67. The molecule has 0 aliphatic rings. The maximum absolute atomic E-state index is 13.1. The molecule has 3 aromatic rings. The van der Waals surface area contributed by atoms with Gasteiger partial charge in [0.05, 0.1) is 6.61 Å². The Hall–Kier alpha value is -2.31. The molecule has 0 unspecified atom stereocenters. The standard InChI is InChI=1S/C19H20FN3OS/c1-19(2,15-7-9-16(20)10-8-15)12-21-18-22-17(23-25-18)14-5-3-13(11-24)4-6-14/h3-10,24H,11-12H2,1-2H3,(H,21,22,23). The third kappa shape index (κ3) is 4.21. The lowest BCUT2D eigenvalue weighted by Crippen LogP contribution is -2.27. The Morgan fingerprint density at radius 2 is 1.76 bits per heavy atom. The van der Waals surface area contributed by atoms with Gasteiger partial charge in [0.25, 0.3) is 0 Å². The van der Waals surface area contributed by atoms with Crippen LogP contribution in [0.25, 0.3) is 11.4 Å². The van der Waals surface area contributed by atoms with E-state index in [1.54, 1.807) is 0 Å². The van der Waals surface area contributed by atoms with Crippen LogP contribution in [-0.4, -0.2) is 21.0 Å². The normalized spacial score (nSPS) is 11.5. The molecule has 0 spiro atoms. The molecule has 3 rings (SSSR count). The van der Waals surface area contributed by atoms with Crippen LogP contribution in [0, 0.1) is 5.82 Å². The summed E-state index contributed by atoms with van der Waals surface area (Å²) in [6, 6.07) is 14.1. The third-order valence-electron chi connectivity index (χ3n) is 4.13. The Labute approximate surface area is 150 Å². The van der Waals surface area contributed by atoms with E-state index in [1.807, 2.05) is 36.4 Å². The second kappa shape index (κ2) is 7.29. The molecule has 2 N–H and O–H groups in total. The molecule has 0 saturated heterocycles. The Morgan fingerprint density at radius 3 is 2.40 bits per heavy atom. The number of aliphatic hydroxyl groups is 1. The van der Waals surface area contributed by atoms with Crippen molar-refractivity contribution in [2.24, 2.45) is 0 Å². The minimum atomic E-state index is -0.228. The van der Waals surface area contributed by atoms with Crippen LogP contribution >= 0.6 is 11.5 Å². The monoisotopic (exact) mass is 357 g/mol. The summed E-state index contributed by atoms with van der Waals surface area (Å²) in [5, 5.41) is 13.2. The number of hydrogen-bond acceptors (Lipinski definition) is 5. The molecule has 1 heterocycles. The first-order chi connectivity index (χ1) is 12.0. The summed E-state index contributed by atoms with van der Waals surface area (Å²) >= 11 is 1.31. The molecule has 25 heavy (non-hydrogen) atoms. The van der Waals surface area contributed by atoms with Crippen molar-refractivity contribution in [1.29, 1.82) is 0 Å². The number of anilines is 1. The molecule has 0 aliphatic carbocycles. The Kier molecular flexibility index (Phi) is 5.11. The molecule has 0 radical (unpaired) electrons. The summed E-state index contributed by atoms with van der Waals surface area (Å²) in [7, 11) is 0. The molecular formula is C19H20FN3OS. The number of hydrogen-bond donors (Lipinski definition) is 2. The Balaban J connectivity index is 1.67. The van der Waals surface area contributed by atoms with Crippen molar-refractivity contribution in [3.8, 4) is 11.4 Å². The molecule has 0 aliphatic heterocycles. The molecular weight excluding hydrogens is 337 g/mol. The van der Waals surface area contributed by atoms with E-state index in [0.29, 0.717) is 12.4 Å². The van der Waals surface area contributed by atoms with Crippen LogP contribution in [-0.2, 0) is 12.0 Å². The molecule has 6 heteroatoms. The van der Waals surface area contributed by atoms with Crippen molar-refractivity contribution in [2.75, 3.05) is 11.9 Å². The van der Waals surface area contributed by atoms with Gasteiger partial charge >= 0.3 is 0 Å². The predicted octanol–water partition coefficient (Wildman–Crippen LogP) is 4.23. The largest absolute Gasteiger partial charge is 0.392 e. The van der Waals surface area contributed by atoms with Crippen molar-refractivity contribution in [1.82, 2.24) is 9.36 Å². The van der Waals surface area contributed by atoms with E-state index in [0.717, 1.165) is 21.8 Å². The van der Waals surface area contributed by atoms with Crippen LogP contribution in [0.2, 0.25) is 0 Å². The Morgan fingerprint density at radius 1 is 1.08 bits per heavy atom. The molecule has 2 aromatic carbocycles. The molecule has 1 aromatic heterocycles. The fraction of sp³-hybridized carbons (Fsp3) is 0.263. The van der Waals surface area contributed by atoms with Gasteiger partial charge in [0.2, 0.25) is 5.13 Å². The van der Waals surface area contributed by atoms with Crippen LogP contribution in [0.5, 0.6) is 0 Å². The molecule has 0 saturated carbocycles. The van der Waals surface area contributed by atoms with Crippen LogP contribution in [0.15, 0.2) is 48.5 Å². The first kappa shape index (κ1) is 17.5. The fourth-order valence-electron chi connectivity index (χ4n) is 2.47. The van der Waals surface area contributed by atoms with Gasteiger partial charge in [0.15, 0.2) is 5.82 Å². The van der Waals surface area contributed by atoms with Gasteiger partial charge < -0.3 is 10.4 Å². The Bertz CT molecular complexity index is 829. The van der Waals surface area contributed by atoms with E-state index in [2.05, 4.69) is 28.5 Å². The number of rotatable bonds is 6. The molecule has 130 valence electrons. The summed E-state index contributed by atoms with van der Waals surface area (Å²) in [4.78, 5) is 4.52. The van der Waals surface area contributed by atoms with E-state index in [4.69, 9.17) is 5.11 Å². The first-order valence-corrected chi connectivity index (χ1v) is 8.79. The molecule has 0 bridgehead atoms. The van der Waals surface area contributed by atoms with Gasteiger partial charge in [-0.2, -0.15) is 9.36 Å². The SMILES string of the molecule is CC(C)(CNc1nc(-c2ccc(CO)cc2)ns1)c1ccc(F)cc1. The lowest BCUT2D eigenvalue weighted by Gasteiger charge is -2.25. The molecule has 0 atom stereocenters. The number of nitrogens with zero attached hydrogens (tertiary/aromatic N) is 2. The van der Waals surface area contributed by atoms with Crippen molar-refractivity contribution < 1.29 is 9.50 Å². The van der Waals surface area contributed by atoms with Crippen LogP contribution < -0.4 is 5.32 Å². The number of halogens is 1. The smallest absolute Gasteiger partial charge is 0.202 e. The number of aliphatic hydroxyl groups excluding tert-OH is 1. The number of aromatic nitrogens is 2. The van der Waals surface area contributed by atoms with Crippen molar-refractivity contribution in [3.63, 3.8) is 0 Å². The third-order valence-corrected chi connectivity index (χ3v) is 4.80. The highest BCUT2D eigenvalue weighted by Crippen LogP contribution is 2.26. The minimum Gasteiger partial charge on any atom is -0.392 e. The average molecular weight is 357 g/mol.